The summed E-state index contributed by atoms with van der Waals surface area (Å²) < 4.78 is 19.7. The molecule has 1 atom stereocenters. The molecule has 2 aromatic carbocycles. The van der Waals surface area contributed by atoms with Gasteiger partial charge in [-0.05, 0) is 30.3 Å². The molecule has 0 aliphatic rings. The van der Waals surface area contributed by atoms with Crippen molar-refractivity contribution in [3.05, 3.63) is 58.3 Å². The molecule has 0 aliphatic carbocycles. The molecular formula is C17H19BrFN2O2+. The number of hydrogen-bond donors (Lipinski definition) is 2. The van der Waals surface area contributed by atoms with Gasteiger partial charge in [0.05, 0.1) is 19.8 Å². The number of benzene rings is 2. The molecule has 0 saturated carbocycles. The van der Waals surface area contributed by atoms with Gasteiger partial charge in [0, 0.05) is 10.0 Å². The second kappa shape index (κ2) is 8.08. The number of likely N-dealkylation sites (N-methyl/N-ethyl adjacent to an activating group) is 1. The Hall–Kier alpha value is -1.92. The fourth-order valence-electron chi connectivity index (χ4n) is 2.30. The molecule has 0 spiro atoms. The van der Waals surface area contributed by atoms with Crippen LogP contribution in [0.4, 0.5) is 10.1 Å². The maximum absolute atomic E-state index is 13.7. The van der Waals surface area contributed by atoms with Crippen LogP contribution in [0.25, 0.3) is 0 Å². The molecule has 2 N–H and O–H groups in total. The molecule has 0 aliphatic heterocycles. The predicted molar refractivity (Wildman–Crippen MR) is 91.2 cm³/mol. The maximum Gasteiger partial charge on any atom is 0.279 e. The first-order chi connectivity index (χ1) is 11.0. The Morgan fingerprint density at radius 3 is 2.74 bits per heavy atom. The number of hydrogen-bond acceptors (Lipinski definition) is 2. The zero-order valence-electron chi connectivity index (χ0n) is 13.0. The molecule has 0 heterocycles. The minimum absolute atomic E-state index is 0.184. The van der Waals surface area contributed by atoms with Gasteiger partial charge in [-0.25, -0.2) is 4.39 Å². The van der Waals surface area contributed by atoms with Crippen molar-refractivity contribution in [2.24, 2.45) is 0 Å². The lowest BCUT2D eigenvalue weighted by Crippen LogP contribution is -3.08. The molecule has 2 rings (SSSR count). The topological polar surface area (TPSA) is 42.8 Å². The van der Waals surface area contributed by atoms with Gasteiger partial charge < -0.3 is 15.0 Å². The summed E-state index contributed by atoms with van der Waals surface area (Å²) in [4.78, 5) is 13.0. The maximum atomic E-state index is 13.7. The van der Waals surface area contributed by atoms with Gasteiger partial charge >= 0.3 is 0 Å². The zero-order valence-corrected chi connectivity index (χ0v) is 14.6. The summed E-state index contributed by atoms with van der Waals surface area (Å²) in [5.74, 6) is 0.0972. The van der Waals surface area contributed by atoms with Crippen molar-refractivity contribution in [1.29, 1.82) is 0 Å². The van der Waals surface area contributed by atoms with E-state index in [2.05, 4.69) is 21.2 Å². The van der Waals surface area contributed by atoms with Crippen molar-refractivity contribution in [1.82, 2.24) is 0 Å². The number of halogens is 2. The van der Waals surface area contributed by atoms with Crippen molar-refractivity contribution in [2.45, 2.75) is 6.54 Å². The van der Waals surface area contributed by atoms with E-state index in [1.54, 1.807) is 13.2 Å². The summed E-state index contributed by atoms with van der Waals surface area (Å²) in [6, 6.07) is 12.2. The van der Waals surface area contributed by atoms with Crippen LogP contribution in [0, 0.1) is 5.82 Å². The highest BCUT2D eigenvalue weighted by Crippen LogP contribution is 2.19. The van der Waals surface area contributed by atoms with Gasteiger partial charge in [-0.1, -0.05) is 28.1 Å². The van der Waals surface area contributed by atoms with E-state index in [0.717, 1.165) is 16.2 Å². The number of rotatable bonds is 6. The lowest BCUT2D eigenvalue weighted by Gasteiger charge is -2.16. The summed E-state index contributed by atoms with van der Waals surface area (Å²) >= 11 is 3.18. The van der Waals surface area contributed by atoms with E-state index in [1.807, 2.05) is 31.3 Å². The average Bonchev–Trinajstić information content (AvgIpc) is 2.50. The smallest absolute Gasteiger partial charge is 0.279 e. The van der Waals surface area contributed by atoms with Gasteiger partial charge in [-0.15, -0.1) is 0 Å². The van der Waals surface area contributed by atoms with Gasteiger partial charge in [-0.2, -0.15) is 0 Å². The van der Waals surface area contributed by atoms with Crippen LogP contribution in [0.1, 0.15) is 5.56 Å². The number of ether oxygens (including phenoxy) is 1. The third kappa shape index (κ3) is 5.04. The summed E-state index contributed by atoms with van der Waals surface area (Å²) in [6.07, 6.45) is 0. The number of para-hydroxylation sites is 1. The number of anilines is 1. The molecule has 0 fully saturated rings. The van der Waals surface area contributed by atoms with Crippen LogP contribution >= 0.6 is 15.9 Å². The van der Waals surface area contributed by atoms with Crippen molar-refractivity contribution >= 4 is 27.5 Å². The number of carbonyl (C=O) groups excluding carboxylic acids is 1. The average molecular weight is 382 g/mol. The Balaban J connectivity index is 1.94. The van der Waals surface area contributed by atoms with Gasteiger partial charge in [0.2, 0.25) is 0 Å². The van der Waals surface area contributed by atoms with Gasteiger partial charge in [0.1, 0.15) is 18.1 Å². The predicted octanol–water partition coefficient (Wildman–Crippen LogP) is 2.25. The van der Waals surface area contributed by atoms with Crippen molar-refractivity contribution in [3.63, 3.8) is 0 Å². The second-order valence-electron chi connectivity index (χ2n) is 5.29. The van der Waals surface area contributed by atoms with Gasteiger partial charge in [0.15, 0.2) is 6.54 Å². The standard InChI is InChI=1S/C17H18BrFN2O2/c1-21(10-12-5-3-4-6-16(12)23-2)11-17(22)20-15-8-7-13(18)9-14(15)19/h3-9H,10-11H2,1-2H3,(H,20,22)/p+1. The molecular weight excluding hydrogens is 363 g/mol. The number of nitrogens with one attached hydrogen (secondary N) is 2. The minimum atomic E-state index is -0.463. The third-order valence-electron chi connectivity index (χ3n) is 3.35. The first-order valence-electron chi connectivity index (χ1n) is 7.17. The lowest BCUT2D eigenvalue weighted by atomic mass is 10.2. The fourth-order valence-corrected chi connectivity index (χ4v) is 2.63. The van der Waals surface area contributed by atoms with Crippen molar-refractivity contribution in [3.8, 4) is 5.75 Å². The van der Waals surface area contributed by atoms with Crippen LogP contribution in [-0.4, -0.2) is 26.6 Å². The molecule has 0 saturated heterocycles. The molecule has 1 amide bonds. The first-order valence-corrected chi connectivity index (χ1v) is 7.97. The molecule has 122 valence electrons. The molecule has 0 radical (unpaired) electrons. The van der Waals surface area contributed by atoms with E-state index < -0.39 is 5.82 Å². The first kappa shape index (κ1) is 17.4. The normalized spacial score (nSPS) is 11.8. The van der Waals surface area contributed by atoms with Crippen LogP contribution in [0.2, 0.25) is 0 Å². The van der Waals surface area contributed by atoms with E-state index in [4.69, 9.17) is 4.74 Å². The quantitative estimate of drug-likeness (QED) is 0.805. The third-order valence-corrected chi connectivity index (χ3v) is 3.85. The molecule has 2 aromatic rings. The minimum Gasteiger partial charge on any atom is -0.496 e. The number of carbonyl (C=O) groups is 1. The Kier molecular flexibility index (Phi) is 6.12. The second-order valence-corrected chi connectivity index (χ2v) is 6.21. The van der Waals surface area contributed by atoms with Crippen LogP contribution in [-0.2, 0) is 11.3 Å². The summed E-state index contributed by atoms with van der Waals surface area (Å²) in [5.41, 5.74) is 1.21. The highest BCUT2D eigenvalue weighted by Gasteiger charge is 2.14. The molecule has 1 unspecified atom stereocenters. The molecule has 0 bridgehead atoms. The molecule has 6 heteroatoms. The van der Waals surface area contributed by atoms with E-state index in [9.17, 15) is 9.18 Å². The molecule has 4 nitrogen and oxygen atoms in total. The number of quaternary nitrogens is 1. The number of methoxy groups -OCH3 is 1. The number of amides is 1. The largest absolute Gasteiger partial charge is 0.496 e. The van der Waals surface area contributed by atoms with Crippen molar-refractivity contribution in [2.75, 3.05) is 26.0 Å². The lowest BCUT2D eigenvalue weighted by molar-refractivity contribution is -0.885. The highest BCUT2D eigenvalue weighted by molar-refractivity contribution is 9.10. The van der Waals surface area contributed by atoms with Gasteiger partial charge in [-0.3, -0.25) is 4.79 Å². The monoisotopic (exact) mass is 381 g/mol. The Morgan fingerprint density at radius 1 is 1.30 bits per heavy atom. The van der Waals surface area contributed by atoms with Crippen molar-refractivity contribution < 1.29 is 18.8 Å². The van der Waals surface area contributed by atoms with Crippen LogP contribution in [0.5, 0.6) is 5.75 Å². The van der Waals surface area contributed by atoms with Crippen LogP contribution < -0.4 is 15.0 Å². The Morgan fingerprint density at radius 2 is 2.04 bits per heavy atom. The van der Waals surface area contributed by atoms with E-state index in [-0.39, 0.29) is 18.1 Å². The SMILES string of the molecule is COc1ccccc1C[NH+](C)CC(=O)Nc1ccc(Br)cc1F. The molecule has 0 aromatic heterocycles. The summed E-state index contributed by atoms with van der Waals surface area (Å²) in [6.45, 7) is 0.869. The Labute approximate surface area is 143 Å². The summed E-state index contributed by atoms with van der Waals surface area (Å²) in [7, 11) is 3.53. The fraction of sp³-hybridized carbons (Fsp3) is 0.235. The van der Waals surface area contributed by atoms with Crippen LogP contribution in [0.3, 0.4) is 0 Å². The summed E-state index contributed by atoms with van der Waals surface area (Å²) in [5, 5.41) is 2.60. The van der Waals surface area contributed by atoms with Crippen LogP contribution in [0.15, 0.2) is 46.9 Å². The van der Waals surface area contributed by atoms with Gasteiger partial charge in [0.25, 0.3) is 5.91 Å². The molecule has 23 heavy (non-hydrogen) atoms. The van der Waals surface area contributed by atoms with E-state index >= 15 is 0 Å². The van der Waals surface area contributed by atoms with E-state index in [0.29, 0.717) is 11.0 Å². The zero-order chi connectivity index (χ0) is 16.8. The van der Waals surface area contributed by atoms with E-state index in [1.165, 1.54) is 12.1 Å². The highest BCUT2D eigenvalue weighted by atomic mass is 79.9. The Bertz CT molecular complexity index is 694.